The zero-order valence-electron chi connectivity index (χ0n) is 8.49. The molecule has 5 heteroatoms. The van der Waals surface area contributed by atoms with Crippen molar-refractivity contribution in [3.8, 4) is 0 Å². The summed E-state index contributed by atoms with van der Waals surface area (Å²) in [5, 5.41) is 11.3. The summed E-state index contributed by atoms with van der Waals surface area (Å²) in [6, 6.07) is 3.35. The first-order valence-corrected chi connectivity index (χ1v) is 4.79. The van der Waals surface area contributed by atoms with Crippen LogP contribution in [0.5, 0.6) is 0 Å². The van der Waals surface area contributed by atoms with Crippen LogP contribution in [0.4, 0.5) is 0 Å². The molecule has 0 radical (unpaired) electrons. The summed E-state index contributed by atoms with van der Waals surface area (Å²) in [6.45, 7) is 1.93. The minimum atomic E-state index is -0.885. The number of aromatic amines is 1. The molecule has 5 nitrogen and oxygen atoms in total. The Morgan fingerprint density at radius 2 is 2.33 bits per heavy atom. The number of aliphatic carboxylic acids is 1. The summed E-state index contributed by atoms with van der Waals surface area (Å²) >= 11 is 0. The van der Waals surface area contributed by atoms with Crippen LogP contribution < -0.4 is 5.32 Å². The fourth-order valence-electron chi connectivity index (χ4n) is 1.19. The molecule has 0 aliphatic heterocycles. The number of carboxylic acids is 1. The predicted molar refractivity (Wildman–Crippen MR) is 54.5 cm³/mol. The van der Waals surface area contributed by atoms with Crippen LogP contribution in [0.2, 0.25) is 0 Å². The molecule has 0 aliphatic rings. The number of carbonyl (C=O) groups is 2. The number of rotatable bonds is 5. The van der Waals surface area contributed by atoms with E-state index in [9.17, 15) is 9.59 Å². The molecule has 0 saturated heterocycles. The quantitative estimate of drug-likeness (QED) is 0.674. The molecule has 0 saturated carbocycles. The van der Waals surface area contributed by atoms with Crippen molar-refractivity contribution in [2.24, 2.45) is 5.92 Å². The SMILES string of the molecule is CCC(CNC(=O)c1ccc[nH]1)C(=O)O. The lowest BCUT2D eigenvalue weighted by Gasteiger charge is -2.10. The number of carboxylic acid groups (broad SMARTS) is 1. The van der Waals surface area contributed by atoms with E-state index in [1.807, 2.05) is 0 Å². The third kappa shape index (κ3) is 3.12. The Morgan fingerprint density at radius 3 is 2.80 bits per heavy atom. The fourth-order valence-corrected chi connectivity index (χ4v) is 1.19. The molecule has 0 spiro atoms. The summed E-state index contributed by atoms with van der Waals surface area (Å²) in [6.07, 6.45) is 2.14. The zero-order chi connectivity index (χ0) is 11.3. The standard InChI is InChI=1S/C10H14N2O3/c1-2-7(10(14)15)6-12-9(13)8-4-3-5-11-8/h3-5,7,11H,2,6H2,1H3,(H,12,13)(H,14,15). The third-order valence-corrected chi connectivity index (χ3v) is 2.19. The highest BCUT2D eigenvalue weighted by Crippen LogP contribution is 2.01. The fraction of sp³-hybridized carbons (Fsp3) is 0.400. The van der Waals surface area contributed by atoms with Crippen molar-refractivity contribution >= 4 is 11.9 Å². The lowest BCUT2D eigenvalue weighted by molar-refractivity contribution is -0.141. The molecule has 1 rings (SSSR count). The van der Waals surface area contributed by atoms with E-state index in [1.165, 1.54) is 0 Å². The molecule has 0 aromatic carbocycles. The molecular formula is C10H14N2O3. The van der Waals surface area contributed by atoms with Gasteiger partial charge in [0.1, 0.15) is 5.69 Å². The summed E-state index contributed by atoms with van der Waals surface area (Å²) in [5.74, 6) is -1.69. The minimum Gasteiger partial charge on any atom is -0.481 e. The Balaban J connectivity index is 2.43. The highest BCUT2D eigenvalue weighted by Gasteiger charge is 2.16. The van der Waals surface area contributed by atoms with Gasteiger partial charge in [-0.05, 0) is 18.6 Å². The van der Waals surface area contributed by atoms with Crippen LogP contribution in [0.1, 0.15) is 23.8 Å². The molecule has 82 valence electrons. The number of amides is 1. The molecule has 0 fully saturated rings. The summed E-state index contributed by atoms with van der Waals surface area (Å²) in [5.41, 5.74) is 0.440. The van der Waals surface area contributed by atoms with Gasteiger partial charge in [0.25, 0.3) is 5.91 Å². The highest BCUT2D eigenvalue weighted by atomic mass is 16.4. The van der Waals surface area contributed by atoms with Crippen molar-refractivity contribution in [1.82, 2.24) is 10.3 Å². The molecule has 1 atom stereocenters. The number of hydrogen-bond donors (Lipinski definition) is 3. The van der Waals surface area contributed by atoms with Crippen LogP contribution in [0.15, 0.2) is 18.3 Å². The van der Waals surface area contributed by atoms with Gasteiger partial charge in [-0.25, -0.2) is 0 Å². The third-order valence-electron chi connectivity index (χ3n) is 2.19. The van der Waals surface area contributed by atoms with Gasteiger partial charge in [-0.15, -0.1) is 0 Å². The van der Waals surface area contributed by atoms with E-state index in [2.05, 4.69) is 10.3 Å². The molecule has 0 aliphatic carbocycles. The second-order valence-electron chi connectivity index (χ2n) is 3.24. The van der Waals surface area contributed by atoms with Gasteiger partial charge in [0.15, 0.2) is 0 Å². The van der Waals surface area contributed by atoms with E-state index in [-0.39, 0.29) is 12.5 Å². The number of H-pyrrole nitrogens is 1. The first-order chi connectivity index (χ1) is 7.15. The van der Waals surface area contributed by atoms with Crippen molar-refractivity contribution in [3.63, 3.8) is 0 Å². The molecule has 15 heavy (non-hydrogen) atoms. The first kappa shape index (κ1) is 11.3. The van der Waals surface area contributed by atoms with Gasteiger partial charge in [0, 0.05) is 12.7 Å². The Bertz CT molecular complexity index is 332. The number of nitrogens with one attached hydrogen (secondary N) is 2. The lowest BCUT2D eigenvalue weighted by Crippen LogP contribution is -2.32. The van der Waals surface area contributed by atoms with E-state index in [4.69, 9.17) is 5.11 Å². The smallest absolute Gasteiger partial charge is 0.308 e. The molecule has 1 aromatic rings. The molecule has 0 bridgehead atoms. The monoisotopic (exact) mass is 210 g/mol. The van der Waals surface area contributed by atoms with E-state index in [1.54, 1.807) is 25.3 Å². The van der Waals surface area contributed by atoms with Crippen LogP contribution in [0.3, 0.4) is 0 Å². The highest BCUT2D eigenvalue weighted by molar-refractivity contribution is 5.92. The van der Waals surface area contributed by atoms with Crippen LogP contribution in [0.25, 0.3) is 0 Å². The zero-order valence-corrected chi connectivity index (χ0v) is 8.49. The first-order valence-electron chi connectivity index (χ1n) is 4.79. The summed E-state index contributed by atoms with van der Waals surface area (Å²) < 4.78 is 0. The average Bonchev–Trinajstić information content (AvgIpc) is 2.70. The normalized spacial score (nSPS) is 12.1. The number of hydrogen-bond acceptors (Lipinski definition) is 2. The minimum absolute atomic E-state index is 0.156. The Morgan fingerprint density at radius 1 is 1.60 bits per heavy atom. The Hall–Kier alpha value is -1.78. The van der Waals surface area contributed by atoms with Gasteiger partial charge >= 0.3 is 5.97 Å². The van der Waals surface area contributed by atoms with Crippen molar-refractivity contribution < 1.29 is 14.7 Å². The van der Waals surface area contributed by atoms with E-state index >= 15 is 0 Å². The van der Waals surface area contributed by atoms with Gasteiger partial charge in [-0.1, -0.05) is 6.92 Å². The van der Waals surface area contributed by atoms with Crippen molar-refractivity contribution in [1.29, 1.82) is 0 Å². The van der Waals surface area contributed by atoms with Crippen LogP contribution in [0, 0.1) is 5.92 Å². The van der Waals surface area contributed by atoms with Crippen molar-refractivity contribution in [2.45, 2.75) is 13.3 Å². The molecule has 1 amide bonds. The van der Waals surface area contributed by atoms with Gasteiger partial charge in [-0.2, -0.15) is 0 Å². The molecule has 1 heterocycles. The molecule has 1 unspecified atom stereocenters. The van der Waals surface area contributed by atoms with Gasteiger partial charge in [0.05, 0.1) is 5.92 Å². The number of carbonyl (C=O) groups excluding carboxylic acids is 1. The van der Waals surface area contributed by atoms with E-state index in [0.29, 0.717) is 12.1 Å². The largest absolute Gasteiger partial charge is 0.481 e. The van der Waals surface area contributed by atoms with Crippen molar-refractivity contribution in [2.75, 3.05) is 6.54 Å². The molecular weight excluding hydrogens is 196 g/mol. The predicted octanol–water partition coefficient (Wildman–Crippen LogP) is 0.855. The molecule has 3 N–H and O–H groups in total. The second-order valence-corrected chi connectivity index (χ2v) is 3.24. The van der Waals surface area contributed by atoms with E-state index < -0.39 is 11.9 Å². The average molecular weight is 210 g/mol. The Kier molecular flexibility index (Phi) is 3.91. The summed E-state index contributed by atoms with van der Waals surface area (Å²) in [7, 11) is 0. The Labute approximate surface area is 87.5 Å². The van der Waals surface area contributed by atoms with Gasteiger partial charge < -0.3 is 15.4 Å². The van der Waals surface area contributed by atoms with Gasteiger partial charge in [-0.3, -0.25) is 9.59 Å². The van der Waals surface area contributed by atoms with Crippen molar-refractivity contribution in [3.05, 3.63) is 24.0 Å². The second kappa shape index (κ2) is 5.19. The van der Waals surface area contributed by atoms with Gasteiger partial charge in [0.2, 0.25) is 0 Å². The maximum atomic E-state index is 11.4. The van der Waals surface area contributed by atoms with Crippen LogP contribution in [-0.2, 0) is 4.79 Å². The van der Waals surface area contributed by atoms with E-state index in [0.717, 1.165) is 0 Å². The molecule has 1 aromatic heterocycles. The maximum absolute atomic E-state index is 11.4. The van der Waals surface area contributed by atoms with Crippen LogP contribution >= 0.6 is 0 Å². The topological polar surface area (TPSA) is 82.2 Å². The number of aromatic nitrogens is 1. The summed E-state index contributed by atoms with van der Waals surface area (Å²) in [4.78, 5) is 24.8. The lowest BCUT2D eigenvalue weighted by atomic mass is 10.1. The van der Waals surface area contributed by atoms with Crippen LogP contribution in [-0.4, -0.2) is 28.5 Å². The maximum Gasteiger partial charge on any atom is 0.308 e.